The topological polar surface area (TPSA) is 12.0 Å². The molecular formula is C16H20ClNS. The maximum absolute atomic E-state index is 6.20. The Labute approximate surface area is 124 Å². The average Bonchev–Trinajstić information content (AvgIpc) is 2.75. The van der Waals surface area contributed by atoms with Crippen LogP contribution in [0.1, 0.15) is 41.0 Å². The predicted molar refractivity (Wildman–Crippen MR) is 85.4 cm³/mol. The minimum Gasteiger partial charge on any atom is -0.306 e. The monoisotopic (exact) mass is 293 g/mol. The van der Waals surface area contributed by atoms with Crippen LogP contribution < -0.4 is 5.32 Å². The van der Waals surface area contributed by atoms with Gasteiger partial charge in [-0.3, -0.25) is 0 Å². The summed E-state index contributed by atoms with van der Waals surface area (Å²) in [4.78, 5) is 1.37. The molecular weight excluding hydrogens is 274 g/mol. The van der Waals surface area contributed by atoms with Crippen LogP contribution >= 0.6 is 22.9 Å². The minimum absolute atomic E-state index is 0.239. The van der Waals surface area contributed by atoms with Crippen LogP contribution in [0.25, 0.3) is 0 Å². The molecule has 1 N–H and O–H groups in total. The smallest absolute Gasteiger partial charge is 0.0588 e. The van der Waals surface area contributed by atoms with Gasteiger partial charge in [0.15, 0.2) is 0 Å². The molecule has 2 aromatic rings. The van der Waals surface area contributed by atoms with E-state index in [9.17, 15) is 0 Å². The fourth-order valence-electron chi connectivity index (χ4n) is 2.32. The highest BCUT2D eigenvalue weighted by molar-refractivity contribution is 7.10. The van der Waals surface area contributed by atoms with Crippen LogP contribution in [-0.2, 0) is 0 Å². The van der Waals surface area contributed by atoms with Gasteiger partial charge in [0, 0.05) is 9.90 Å². The van der Waals surface area contributed by atoms with Crippen LogP contribution in [0.5, 0.6) is 0 Å². The third-order valence-electron chi connectivity index (χ3n) is 3.21. The Bertz CT molecular complexity index is 527. The molecule has 0 aliphatic carbocycles. The zero-order valence-electron chi connectivity index (χ0n) is 11.7. The molecule has 0 bridgehead atoms. The molecule has 1 aromatic heterocycles. The summed E-state index contributed by atoms with van der Waals surface area (Å²) in [6, 6.07) is 8.74. The number of aryl methyl sites for hydroxylation is 2. The highest BCUT2D eigenvalue weighted by atomic mass is 35.5. The Morgan fingerprint density at radius 2 is 2.05 bits per heavy atom. The molecule has 1 heterocycles. The van der Waals surface area contributed by atoms with Crippen molar-refractivity contribution in [1.29, 1.82) is 0 Å². The molecule has 1 nitrogen and oxygen atoms in total. The van der Waals surface area contributed by atoms with E-state index in [1.54, 1.807) is 11.3 Å². The zero-order valence-corrected chi connectivity index (χ0v) is 13.2. The first kappa shape index (κ1) is 14.6. The van der Waals surface area contributed by atoms with E-state index in [1.807, 2.05) is 6.07 Å². The molecule has 1 unspecified atom stereocenters. The van der Waals surface area contributed by atoms with E-state index in [0.29, 0.717) is 0 Å². The number of rotatable bonds is 5. The Morgan fingerprint density at radius 1 is 1.26 bits per heavy atom. The number of hydrogen-bond acceptors (Lipinski definition) is 2. The molecule has 0 aliphatic heterocycles. The van der Waals surface area contributed by atoms with Crippen molar-refractivity contribution in [1.82, 2.24) is 5.32 Å². The van der Waals surface area contributed by atoms with E-state index in [4.69, 9.17) is 11.6 Å². The van der Waals surface area contributed by atoms with Crippen LogP contribution in [0, 0.1) is 13.8 Å². The Balaban J connectivity index is 2.39. The number of hydrogen-bond donors (Lipinski definition) is 1. The van der Waals surface area contributed by atoms with Gasteiger partial charge in [0.1, 0.15) is 0 Å². The van der Waals surface area contributed by atoms with Crippen molar-refractivity contribution in [3.05, 3.63) is 56.2 Å². The van der Waals surface area contributed by atoms with E-state index in [1.165, 1.54) is 21.6 Å². The molecule has 19 heavy (non-hydrogen) atoms. The second-order valence-electron chi connectivity index (χ2n) is 4.88. The van der Waals surface area contributed by atoms with Crippen molar-refractivity contribution in [2.45, 2.75) is 33.2 Å². The highest BCUT2D eigenvalue weighted by Gasteiger charge is 2.17. The van der Waals surface area contributed by atoms with E-state index in [0.717, 1.165) is 18.0 Å². The zero-order chi connectivity index (χ0) is 13.8. The van der Waals surface area contributed by atoms with Crippen LogP contribution in [0.3, 0.4) is 0 Å². The summed E-state index contributed by atoms with van der Waals surface area (Å²) in [5, 5.41) is 6.60. The maximum Gasteiger partial charge on any atom is 0.0588 e. The van der Waals surface area contributed by atoms with E-state index in [2.05, 4.69) is 49.7 Å². The van der Waals surface area contributed by atoms with Crippen molar-refractivity contribution in [2.75, 3.05) is 6.54 Å². The number of nitrogens with one attached hydrogen (secondary N) is 1. The second-order valence-corrected chi connectivity index (χ2v) is 6.44. The van der Waals surface area contributed by atoms with Crippen LogP contribution in [0.4, 0.5) is 0 Å². The van der Waals surface area contributed by atoms with E-state index in [-0.39, 0.29) is 6.04 Å². The van der Waals surface area contributed by atoms with Crippen molar-refractivity contribution in [3.8, 4) is 0 Å². The predicted octanol–water partition coefficient (Wildman–Crippen LogP) is 5.11. The molecule has 3 heteroatoms. The molecule has 0 fully saturated rings. The third-order valence-corrected chi connectivity index (χ3v) is 4.29. The highest BCUT2D eigenvalue weighted by Crippen LogP contribution is 2.30. The molecule has 0 amide bonds. The van der Waals surface area contributed by atoms with Gasteiger partial charge < -0.3 is 5.32 Å². The summed E-state index contributed by atoms with van der Waals surface area (Å²) in [7, 11) is 0. The van der Waals surface area contributed by atoms with Crippen LogP contribution in [0.15, 0.2) is 29.6 Å². The summed E-state index contributed by atoms with van der Waals surface area (Å²) >= 11 is 8.00. The first-order chi connectivity index (χ1) is 9.11. The van der Waals surface area contributed by atoms with Gasteiger partial charge in [0.05, 0.1) is 6.04 Å². The van der Waals surface area contributed by atoms with Gasteiger partial charge >= 0.3 is 0 Å². The fraction of sp³-hybridized carbons (Fsp3) is 0.375. The van der Waals surface area contributed by atoms with Crippen molar-refractivity contribution >= 4 is 22.9 Å². The maximum atomic E-state index is 6.20. The Hall–Kier alpha value is -0.830. The van der Waals surface area contributed by atoms with Crippen molar-refractivity contribution in [2.24, 2.45) is 0 Å². The molecule has 2 rings (SSSR count). The minimum atomic E-state index is 0.239. The fourth-order valence-corrected chi connectivity index (χ4v) is 3.36. The standard InChI is InChI=1S/C16H20ClNS/c1-4-6-18-16(15-5-7-19-12(15)3)13-8-11(2)9-14(17)10-13/h5,7-10,16,18H,4,6H2,1-3H3. The molecule has 1 aromatic carbocycles. The molecule has 102 valence electrons. The van der Waals surface area contributed by atoms with Gasteiger partial charge in [-0.15, -0.1) is 11.3 Å². The molecule has 0 saturated heterocycles. The van der Waals surface area contributed by atoms with Crippen LogP contribution in [-0.4, -0.2) is 6.54 Å². The quantitative estimate of drug-likeness (QED) is 0.808. The second kappa shape index (κ2) is 6.56. The first-order valence-electron chi connectivity index (χ1n) is 6.66. The first-order valence-corrected chi connectivity index (χ1v) is 7.92. The molecule has 0 saturated carbocycles. The molecule has 1 atom stereocenters. The van der Waals surface area contributed by atoms with Gasteiger partial charge in [-0.2, -0.15) is 0 Å². The Morgan fingerprint density at radius 3 is 2.63 bits per heavy atom. The van der Waals surface area contributed by atoms with Gasteiger partial charge in [-0.25, -0.2) is 0 Å². The molecule has 0 radical (unpaired) electrons. The van der Waals surface area contributed by atoms with Gasteiger partial charge in [0.2, 0.25) is 0 Å². The molecule has 0 aliphatic rings. The van der Waals surface area contributed by atoms with Crippen LogP contribution in [0.2, 0.25) is 5.02 Å². The lowest BCUT2D eigenvalue weighted by molar-refractivity contribution is 0.598. The summed E-state index contributed by atoms with van der Waals surface area (Å²) < 4.78 is 0. The summed E-state index contributed by atoms with van der Waals surface area (Å²) in [5.41, 5.74) is 3.82. The Kier molecular flexibility index (Phi) is 5.03. The normalized spacial score (nSPS) is 12.6. The number of halogens is 1. The lowest BCUT2D eigenvalue weighted by Gasteiger charge is -2.20. The SMILES string of the molecule is CCCNC(c1cc(C)cc(Cl)c1)c1ccsc1C. The summed E-state index contributed by atoms with van der Waals surface area (Å²) in [5.74, 6) is 0. The van der Waals surface area contributed by atoms with Crippen molar-refractivity contribution in [3.63, 3.8) is 0 Å². The average molecular weight is 294 g/mol. The number of benzene rings is 1. The largest absolute Gasteiger partial charge is 0.306 e. The lowest BCUT2D eigenvalue weighted by Crippen LogP contribution is -2.23. The lowest BCUT2D eigenvalue weighted by atomic mass is 9.98. The van der Waals surface area contributed by atoms with Gasteiger partial charge in [-0.1, -0.05) is 24.6 Å². The van der Waals surface area contributed by atoms with Crippen molar-refractivity contribution < 1.29 is 0 Å². The third kappa shape index (κ3) is 3.59. The molecule has 0 spiro atoms. The number of thiophene rings is 1. The summed E-state index contributed by atoms with van der Waals surface area (Å²) in [6.07, 6.45) is 1.12. The van der Waals surface area contributed by atoms with E-state index < -0.39 is 0 Å². The van der Waals surface area contributed by atoms with Gasteiger partial charge in [0.25, 0.3) is 0 Å². The van der Waals surface area contributed by atoms with E-state index >= 15 is 0 Å². The summed E-state index contributed by atoms with van der Waals surface area (Å²) in [6.45, 7) is 7.46. The van der Waals surface area contributed by atoms with Gasteiger partial charge in [-0.05, 0) is 67.1 Å².